The van der Waals surface area contributed by atoms with E-state index >= 15 is 0 Å². The van der Waals surface area contributed by atoms with Crippen LogP contribution in [-0.2, 0) is 4.79 Å². The number of primary amides is 1. The Morgan fingerprint density at radius 1 is 1.48 bits per heavy atom. The van der Waals surface area contributed by atoms with Gasteiger partial charge in [-0.3, -0.25) is 9.59 Å². The maximum atomic E-state index is 11.9. The first kappa shape index (κ1) is 17.0. The van der Waals surface area contributed by atoms with Crippen LogP contribution in [0.4, 0.5) is 5.00 Å². The van der Waals surface area contributed by atoms with Crippen LogP contribution in [0.3, 0.4) is 0 Å². The summed E-state index contributed by atoms with van der Waals surface area (Å²) >= 11 is 1.16. The minimum atomic E-state index is -1.64. The number of thiazole rings is 1. The smallest absolute Gasteiger partial charge is 0.270 e. The van der Waals surface area contributed by atoms with Crippen molar-refractivity contribution in [1.29, 1.82) is 0 Å². The second-order valence-corrected chi connectivity index (χ2v) is 6.79. The van der Waals surface area contributed by atoms with Crippen molar-refractivity contribution in [1.82, 2.24) is 9.88 Å². The molecule has 1 aromatic heterocycles. The van der Waals surface area contributed by atoms with Crippen LogP contribution in [-0.4, -0.2) is 46.0 Å². The molecule has 8 heteroatoms. The van der Waals surface area contributed by atoms with E-state index in [-0.39, 0.29) is 17.1 Å². The second kappa shape index (κ2) is 6.20. The third-order valence-corrected chi connectivity index (χ3v) is 4.85. The van der Waals surface area contributed by atoms with Crippen molar-refractivity contribution < 1.29 is 14.7 Å². The number of rotatable bonds is 2. The number of nitrogens with two attached hydrogens (primary N) is 2. The van der Waals surface area contributed by atoms with Crippen LogP contribution in [0.2, 0.25) is 0 Å². The summed E-state index contributed by atoms with van der Waals surface area (Å²) < 4.78 is 0. The van der Waals surface area contributed by atoms with E-state index in [1.165, 1.54) is 4.90 Å². The quantitative estimate of drug-likeness (QED) is 0.674. The zero-order valence-corrected chi connectivity index (χ0v) is 14.3. The van der Waals surface area contributed by atoms with Gasteiger partial charge in [0.1, 0.15) is 10.0 Å². The highest BCUT2D eigenvalue weighted by molar-refractivity contribution is 7.19. The first-order valence-electron chi connectivity index (χ1n) is 7.48. The summed E-state index contributed by atoms with van der Waals surface area (Å²) in [6.07, 6.45) is 0.278. The average molecular weight is 356 g/mol. The van der Waals surface area contributed by atoms with Gasteiger partial charge in [0.2, 0.25) is 5.60 Å². The number of amides is 2. The standard InChI is InChI=1S/C17H16N4O3S/c1-21-8-7-17(24,16(21)23)6-5-10-3-2-4-11(9-10)15-20-12(13(18)22)14(19)25-15/h2-4,9,24H,7-8,19H2,1H3,(H2,18,22)/t17-/m0/s1. The predicted molar refractivity (Wildman–Crippen MR) is 94.6 cm³/mol. The number of aromatic nitrogens is 1. The fourth-order valence-electron chi connectivity index (χ4n) is 2.51. The summed E-state index contributed by atoms with van der Waals surface area (Å²) in [5.41, 5.74) is 10.7. The molecule has 25 heavy (non-hydrogen) atoms. The van der Waals surface area contributed by atoms with Crippen molar-refractivity contribution in [2.24, 2.45) is 5.73 Å². The van der Waals surface area contributed by atoms with Gasteiger partial charge in [0.25, 0.3) is 11.8 Å². The predicted octanol–water partition coefficient (Wildman–Crippen LogP) is 0.436. The van der Waals surface area contributed by atoms with E-state index in [0.717, 1.165) is 16.9 Å². The van der Waals surface area contributed by atoms with Crippen molar-refractivity contribution >= 4 is 28.2 Å². The normalized spacial score (nSPS) is 19.6. The van der Waals surface area contributed by atoms with E-state index < -0.39 is 17.4 Å². The van der Waals surface area contributed by atoms with Crippen LogP contribution in [0.1, 0.15) is 22.5 Å². The molecule has 1 aliphatic heterocycles. The molecule has 1 aromatic carbocycles. The number of hydrogen-bond acceptors (Lipinski definition) is 6. The molecule has 0 aliphatic carbocycles. The highest BCUT2D eigenvalue weighted by atomic mass is 32.1. The lowest BCUT2D eigenvalue weighted by Gasteiger charge is -2.13. The van der Waals surface area contributed by atoms with Crippen LogP contribution >= 0.6 is 11.3 Å². The minimum absolute atomic E-state index is 0.0467. The summed E-state index contributed by atoms with van der Waals surface area (Å²) in [7, 11) is 1.63. The first-order chi connectivity index (χ1) is 11.8. The van der Waals surface area contributed by atoms with Crippen LogP contribution in [0.5, 0.6) is 0 Å². The fourth-order valence-corrected chi connectivity index (χ4v) is 3.34. The Hall–Kier alpha value is -2.89. The lowest BCUT2D eigenvalue weighted by molar-refractivity contribution is -0.137. The number of nitrogen functional groups attached to an aromatic ring is 1. The number of nitrogens with zero attached hydrogens (tertiary/aromatic N) is 2. The highest BCUT2D eigenvalue weighted by Crippen LogP contribution is 2.30. The molecule has 7 nitrogen and oxygen atoms in total. The Bertz CT molecular complexity index is 927. The first-order valence-corrected chi connectivity index (χ1v) is 8.29. The van der Waals surface area contributed by atoms with E-state index in [4.69, 9.17) is 11.5 Å². The van der Waals surface area contributed by atoms with E-state index in [0.29, 0.717) is 17.1 Å². The molecule has 2 heterocycles. The summed E-state index contributed by atoms with van der Waals surface area (Å²) in [5, 5.41) is 11.1. The number of carbonyl (C=O) groups is 2. The van der Waals surface area contributed by atoms with Crippen molar-refractivity contribution in [3.8, 4) is 22.4 Å². The molecule has 1 atom stereocenters. The third-order valence-electron chi connectivity index (χ3n) is 3.92. The number of aliphatic hydroxyl groups is 1. The van der Waals surface area contributed by atoms with E-state index in [2.05, 4.69) is 16.8 Å². The summed E-state index contributed by atoms with van der Waals surface area (Å²) in [5.74, 6) is 4.43. The lowest BCUT2D eigenvalue weighted by atomic mass is 10.0. The summed E-state index contributed by atoms with van der Waals surface area (Å²) in [6, 6.07) is 7.09. The Morgan fingerprint density at radius 3 is 2.84 bits per heavy atom. The van der Waals surface area contributed by atoms with Gasteiger partial charge in [0.05, 0.1) is 0 Å². The maximum Gasteiger partial charge on any atom is 0.270 e. The Balaban J connectivity index is 1.91. The van der Waals surface area contributed by atoms with Gasteiger partial charge in [-0.2, -0.15) is 0 Å². The Labute approximate surface area is 148 Å². The Morgan fingerprint density at radius 2 is 2.24 bits per heavy atom. The molecule has 3 rings (SSSR count). The van der Waals surface area contributed by atoms with Gasteiger partial charge < -0.3 is 21.5 Å². The molecule has 0 saturated carbocycles. The topological polar surface area (TPSA) is 123 Å². The number of carbonyl (C=O) groups excluding carboxylic acids is 2. The van der Waals surface area contributed by atoms with Crippen molar-refractivity contribution in [3.05, 3.63) is 35.5 Å². The molecule has 0 bridgehead atoms. The molecule has 2 amide bonds. The zero-order chi connectivity index (χ0) is 18.2. The third kappa shape index (κ3) is 3.20. The number of likely N-dealkylation sites (tertiary alicyclic amines) is 1. The SMILES string of the molecule is CN1CC[C@@](O)(C#Cc2cccc(-c3nc(C(N)=O)c(N)s3)c2)C1=O. The molecule has 0 radical (unpaired) electrons. The van der Waals surface area contributed by atoms with E-state index in [1.54, 1.807) is 31.3 Å². The van der Waals surface area contributed by atoms with Gasteiger partial charge in [-0.05, 0) is 12.1 Å². The van der Waals surface area contributed by atoms with E-state index in [9.17, 15) is 14.7 Å². The van der Waals surface area contributed by atoms with E-state index in [1.807, 2.05) is 0 Å². The molecular formula is C17H16N4O3S. The van der Waals surface area contributed by atoms with Crippen molar-refractivity contribution in [2.45, 2.75) is 12.0 Å². The molecule has 5 N–H and O–H groups in total. The minimum Gasteiger partial charge on any atom is -0.389 e. The summed E-state index contributed by atoms with van der Waals surface area (Å²) in [4.78, 5) is 28.8. The summed E-state index contributed by atoms with van der Waals surface area (Å²) in [6.45, 7) is 0.471. The van der Waals surface area contributed by atoms with Gasteiger partial charge >= 0.3 is 0 Å². The molecular weight excluding hydrogens is 340 g/mol. The second-order valence-electron chi connectivity index (χ2n) is 5.76. The van der Waals surface area contributed by atoms with Crippen LogP contribution in [0, 0.1) is 11.8 Å². The molecule has 1 saturated heterocycles. The Kier molecular flexibility index (Phi) is 4.20. The zero-order valence-electron chi connectivity index (χ0n) is 13.4. The van der Waals surface area contributed by atoms with Gasteiger partial charge in [-0.25, -0.2) is 4.98 Å². The van der Waals surface area contributed by atoms with Crippen LogP contribution < -0.4 is 11.5 Å². The van der Waals surface area contributed by atoms with Gasteiger partial charge in [0, 0.05) is 31.1 Å². The monoisotopic (exact) mass is 356 g/mol. The lowest BCUT2D eigenvalue weighted by Crippen LogP contribution is -2.37. The molecule has 0 spiro atoms. The number of likely N-dealkylation sites (N-methyl/N-ethyl adjacent to an activating group) is 1. The van der Waals surface area contributed by atoms with Crippen molar-refractivity contribution in [3.63, 3.8) is 0 Å². The van der Waals surface area contributed by atoms with Crippen LogP contribution in [0.15, 0.2) is 24.3 Å². The molecule has 0 unspecified atom stereocenters. The number of benzene rings is 1. The van der Waals surface area contributed by atoms with Gasteiger partial charge in [-0.15, -0.1) is 0 Å². The number of anilines is 1. The average Bonchev–Trinajstić information content (AvgIpc) is 3.10. The number of hydrogen-bond donors (Lipinski definition) is 3. The van der Waals surface area contributed by atoms with Crippen LogP contribution in [0.25, 0.3) is 10.6 Å². The molecule has 2 aromatic rings. The van der Waals surface area contributed by atoms with Gasteiger partial charge in [-0.1, -0.05) is 35.3 Å². The molecule has 1 aliphatic rings. The maximum absolute atomic E-state index is 11.9. The van der Waals surface area contributed by atoms with Gasteiger partial charge in [0.15, 0.2) is 5.69 Å². The van der Waals surface area contributed by atoms with Crippen molar-refractivity contribution in [2.75, 3.05) is 19.3 Å². The largest absolute Gasteiger partial charge is 0.389 e. The fraction of sp³-hybridized carbons (Fsp3) is 0.235. The highest BCUT2D eigenvalue weighted by Gasteiger charge is 2.42. The molecule has 1 fully saturated rings. The molecule has 128 valence electrons.